The van der Waals surface area contributed by atoms with Crippen LogP contribution in [0.25, 0.3) is 0 Å². The van der Waals surface area contributed by atoms with Gasteiger partial charge in [0.1, 0.15) is 5.71 Å². The lowest BCUT2D eigenvalue weighted by atomic mass is 10.1. The van der Waals surface area contributed by atoms with Crippen LogP contribution in [0.3, 0.4) is 0 Å². The Morgan fingerprint density at radius 3 is 2.82 bits per heavy atom. The summed E-state index contributed by atoms with van der Waals surface area (Å²) in [6.45, 7) is 3.86. The van der Waals surface area contributed by atoms with Gasteiger partial charge in [0.15, 0.2) is 0 Å². The minimum Gasteiger partial charge on any atom is -0.321 e. The summed E-state index contributed by atoms with van der Waals surface area (Å²) in [4.78, 5) is 22.7. The van der Waals surface area contributed by atoms with Gasteiger partial charge >= 0.3 is 0 Å². The first kappa shape index (κ1) is 11.3. The maximum absolute atomic E-state index is 11.8. The van der Waals surface area contributed by atoms with Gasteiger partial charge in [0, 0.05) is 5.69 Å². The molecule has 1 aromatic carbocycles. The molecule has 0 unspecified atom stereocenters. The molecule has 1 heterocycles. The molecule has 0 aromatic heterocycles. The maximum Gasteiger partial charge on any atom is 0.272 e. The van der Waals surface area contributed by atoms with Crippen molar-refractivity contribution in [1.82, 2.24) is 5.43 Å². The fourth-order valence-corrected chi connectivity index (χ4v) is 1.56. The normalized spacial score (nSPS) is 14.2. The molecule has 0 saturated carbocycles. The van der Waals surface area contributed by atoms with Gasteiger partial charge in [0.2, 0.25) is 5.91 Å². The molecule has 0 atom stereocenters. The van der Waals surface area contributed by atoms with Crippen molar-refractivity contribution >= 4 is 23.2 Å². The fraction of sp³-hybridized carbons (Fsp3) is 0.250. The number of anilines is 1. The Bertz CT molecular complexity index is 520. The summed E-state index contributed by atoms with van der Waals surface area (Å²) in [5.41, 5.74) is 5.25. The maximum atomic E-state index is 11.8. The second-order valence-corrected chi connectivity index (χ2v) is 4.04. The van der Waals surface area contributed by atoms with Crippen molar-refractivity contribution in [3.63, 3.8) is 0 Å². The summed E-state index contributed by atoms with van der Waals surface area (Å²) in [5, 5.41) is 6.42. The van der Waals surface area contributed by atoms with E-state index in [0.717, 1.165) is 16.8 Å². The molecule has 5 heteroatoms. The predicted molar refractivity (Wildman–Crippen MR) is 64.7 cm³/mol. The Kier molecular flexibility index (Phi) is 2.91. The Hall–Kier alpha value is -2.17. The van der Waals surface area contributed by atoms with E-state index in [1.807, 2.05) is 32.0 Å². The van der Waals surface area contributed by atoms with Crippen molar-refractivity contribution < 1.29 is 9.59 Å². The number of hydrogen-bond donors (Lipinski definition) is 2. The van der Waals surface area contributed by atoms with E-state index >= 15 is 0 Å². The van der Waals surface area contributed by atoms with E-state index < -0.39 is 0 Å². The third kappa shape index (κ3) is 2.50. The van der Waals surface area contributed by atoms with E-state index in [1.54, 1.807) is 0 Å². The Labute approximate surface area is 98.9 Å². The van der Waals surface area contributed by atoms with Crippen LogP contribution in [-0.4, -0.2) is 17.5 Å². The number of carbonyl (C=O) groups is 2. The molecule has 0 bridgehead atoms. The lowest BCUT2D eigenvalue weighted by molar-refractivity contribution is -0.119. The van der Waals surface area contributed by atoms with E-state index in [0.29, 0.717) is 0 Å². The van der Waals surface area contributed by atoms with Gasteiger partial charge in [-0.3, -0.25) is 9.59 Å². The second-order valence-electron chi connectivity index (χ2n) is 4.04. The number of hydrazone groups is 1. The van der Waals surface area contributed by atoms with Crippen molar-refractivity contribution in [2.45, 2.75) is 20.3 Å². The summed E-state index contributed by atoms with van der Waals surface area (Å²) in [6, 6.07) is 5.80. The van der Waals surface area contributed by atoms with Crippen molar-refractivity contribution in [3.05, 3.63) is 29.3 Å². The van der Waals surface area contributed by atoms with E-state index in [-0.39, 0.29) is 23.9 Å². The monoisotopic (exact) mass is 231 g/mol. The first-order valence-electron chi connectivity index (χ1n) is 5.30. The lowest BCUT2D eigenvalue weighted by Gasteiger charge is -2.08. The highest BCUT2D eigenvalue weighted by atomic mass is 16.2. The van der Waals surface area contributed by atoms with Crippen LogP contribution in [0.2, 0.25) is 0 Å². The molecule has 5 nitrogen and oxygen atoms in total. The van der Waals surface area contributed by atoms with Crippen LogP contribution in [0.1, 0.15) is 17.5 Å². The molecular weight excluding hydrogens is 218 g/mol. The minimum absolute atomic E-state index is 0.0384. The molecular formula is C12H13N3O2. The van der Waals surface area contributed by atoms with E-state index in [1.165, 1.54) is 0 Å². The first-order valence-corrected chi connectivity index (χ1v) is 5.30. The number of hydrogen-bond acceptors (Lipinski definition) is 3. The van der Waals surface area contributed by atoms with Gasteiger partial charge in [-0.2, -0.15) is 5.10 Å². The predicted octanol–water partition coefficient (Wildman–Crippen LogP) is 1.12. The van der Waals surface area contributed by atoms with Gasteiger partial charge < -0.3 is 5.32 Å². The van der Waals surface area contributed by atoms with Crippen LogP contribution in [0.15, 0.2) is 23.3 Å². The molecule has 2 amide bonds. The Balaban J connectivity index is 2.13. The molecule has 0 saturated heterocycles. The standard InChI is InChI=1S/C12H13N3O2/c1-7-3-4-8(2)9(5-7)13-12(17)10-6-11(16)15-14-10/h3-5H,6H2,1-2H3,(H,13,17)(H,15,16). The molecule has 0 aliphatic carbocycles. The van der Waals surface area contributed by atoms with Crippen molar-refractivity contribution in [1.29, 1.82) is 0 Å². The van der Waals surface area contributed by atoms with Crippen LogP contribution in [0.4, 0.5) is 5.69 Å². The number of nitrogens with zero attached hydrogens (tertiary/aromatic N) is 1. The number of benzene rings is 1. The summed E-state index contributed by atoms with van der Waals surface area (Å²) >= 11 is 0. The van der Waals surface area contributed by atoms with Crippen molar-refractivity contribution in [2.24, 2.45) is 5.10 Å². The van der Waals surface area contributed by atoms with Crippen LogP contribution in [0, 0.1) is 13.8 Å². The zero-order chi connectivity index (χ0) is 12.4. The topological polar surface area (TPSA) is 70.6 Å². The van der Waals surface area contributed by atoms with Crippen LogP contribution in [-0.2, 0) is 9.59 Å². The van der Waals surface area contributed by atoms with Gasteiger partial charge in [-0.25, -0.2) is 5.43 Å². The Morgan fingerprint density at radius 1 is 1.41 bits per heavy atom. The smallest absolute Gasteiger partial charge is 0.272 e. The van der Waals surface area contributed by atoms with Gasteiger partial charge in [0.25, 0.3) is 5.91 Å². The molecule has 0 fully saturated rings. The quantitative estimate of drug-likeness (QED) is 0.800. The average molecular weight is 231 g/mol. The van der Waals surface area contributed by atoms with Crippen molar-refractivity contribution in [2.75, 3.05) is 5.32 Å². The second kappa shape index (κ2) is 4.37. The summed E-state index contributed by atoms with van der Waals surface area (Å²) in [5.74, 6) is -0.590. The Morgan fingerprint density at radius 2 is 2.18 bits per heavy atom. The number of nitrogens with one attached hydrogen (secondary N) is 2. The van der Waals surface area contributed by atoms with Gasteiger partial charge in [-0.1, -0.05) is 12.1 Å². The van der Waals surface area contributed by atoms with Crippen LogP contribution in [0.5, 0.6) is 0 Å². The molecule has 1 aliphatic rings. The number of amides is 2. The fourth-order valence-electron chi connectivity index (χ4n) is 1.56. The molecule has 1 aromatic rings. The average Bonchev–Trinajstić information content (AvgIpc) is 2.70. The van der Waals surface area contributed by atoms with Gasteiger partial charge in [0.05, 0.1) is 6.42 Å². The summed E-state index contributed by atoms with van der Waals surface area (Å²) in [6.07, 6.45) is 0.0384. The van der Waals surface area contributed by atoms with Gasteiger partial charge in [-0.15, -0.1) is 0 Å². The number of carbonyl (C=O) groups excluding carboxylic acids is 2. The summed E-state index contributed by atoms with van der Waals surface area (Å²) < 4.78 is 0. The van der Waals surface area contributed by atoms with Crippen LogP contribution >= 0.6 is 0 Å². The van der Waals surface area contributed by atoms with E-state index in [2.05, 4.69) is 15.8 Å². The highest BCUT2D eigenvalue weighted by Gasteiger charge is 2.21. The third-order valence-corrected chi connectivity index (χ3v) is 2.55. The highest BCUT2D eigenvalue weighted by Crippen LogP contribution is 2.16. The SMILES string of the molecule is Cc1ccc(C)c(NC(=O)C2=NNC(=O)C2)c1. The van der Waals surface area contributed by atoms with Crippen LogP contribution < -0.4 is 10.7 Å². The summed E-state index contributed by atoms with van der Waals surface area (Å²) in [7, 11) is 0. The number of rotatable bonds is 2. The lowest BCUT2D eigenvalue weighted by Crippen LogP contribution is -2.22. The zero-order valence-electron chi connectivity index (χ0n) is 9.70. The van der Waals surface area contributed by atoms with Crippen molar-refractivity contribution in [3.8, 4) is 0 Å². The molecule has 2 N–H and O–H groups in total. The molecule has 0 spiro atoms. The highest BCUT2D eigenvalue weighted by molar-refractivity contribution is 6.46. The minimum atomic E-state index is -0.336. The van der Waals surface area contributed by atoms with Gasteiger partial charge in [-0.05, 0) is 31.0 Å². The van der Waals surface area contributed by atoms with E-state index in [9.17, 15) is 9.59 Å². The third-order valence-electron chi connectivity index (χ3n) is 2.55. The zero-order valence-corrected chi connectivity index (χ0v) is 9.70. The molecule has 17 heavy (non-hydrogen) atoms. The van der Waals surface area contributed by atoms with E-state index in [4.69, 9.17) is 0 Å². The molecule has 1 aliphatic heterocycles. The molecule has 0 radical (unpaired) electrons. The number of aryl methyl sites for hydroxylation is 2. The molecule has 88 valence electrons. The first-order chi connectivity index (χ1) is 8.06. The largest absolute Gasteiger partial charge is 0.321 e. The molecule has 2 rings (SSSR count).